The van der Waals surface area contributed by atoms with Crippen molar-refractivity contribution in [3.05, 3.63) is 60.8 Å². The monoisotopic (exact) mass is 1060 g/mol. The molecular formula is C62H111O11P. The van der Waals surface area contributed by atoms with Crippen LogP contribution in [0.3, 0.4) is 0 Å². The average Bonchev–Trinajstić information content (AvgIpc) is 3.39. The molecule has 0 aliphatic heterocycles. The quantitative estimate of drug-likeness (QED) is 0.0197. The summed E-state index contributed by atoms with van der Waals surface area (Å²) in [5.74, 6) is -1.50. The molecule has 0 bridgehead atoms. The van der Waals surface area contributed by atoms with E-state index in [1.807, 2.05) is 0 Å². The molecule has 0 aliphatic rings. The highest BCUT2D eigenvalue weighted by Gasteiger charge is 2.28. The van der Waals surface area contributed by atoms with E-state index < -0.39 is 57.8 Å². The molecule has 0 aliphatic carbocycles. The van der Waals surface area contributed by atoms with Crippen LogP contribution in [0.5, 0.6) is 0 Å². The molecule has 0 fully saturated rings. The fourth-order valence-electron chi connectivity index (χ4n) is 8.30. The van der Waals surface area contributed by atoms with Gasteiger partial charge in [-0.25, -0.2) is 4.57 Å². The Labute approximate surface area is 453 Å². The van der Waals surface area contributed by atoms with Gasteiger partial charge in [0, 0.05) is 19.3 Å². The standard InChI is InChI=1S/C62H111O11P/c1-4-7-10-13-16-19-22-25-27-28-29-30-32-35-38-41-44-47-50-53-62(66)73-59(55-69-60(64)51-48-45-42-39-36-33-24-21-18-15-12-9-6-3)57-71-74(67,68)70-56-58(54-63)72-61(65)52-49-46-43-40-37-34-31-26-23-20-17-14-11-8-5-2/h9,12,18,21,25-27,31,33,36,58-59,63H,4-8,10-11,13-17,19-20,22-24,28-30,32,34-35,37-57H2,1-3H3,(H,67,68)/b12-9-,21-18-,27-25-,31-26-,36-33-. The molecule has 0 heterocycles. The number of aliphatic hydroxyl groups is 1. The number of rotatable bonds is 56. The van der Waals surface area contributed by atoms with Crippen LogP contribution in [0.1, 0.15) is 278 Å². The predicted molar refractivity (Wildman–Crippen MR) is 307 cm³/mol. The third-order valence-corrected chi connectivity index (χ3v) is 13.8. The number of hydrogen-bond acceptors (Lipinski definition) is 10. The largest absolute Gasteiger partial charge is 0.472 e. The second kappa shape index (κ2) is 56.4. The Bertz CT molecular complexity index is 1470. The summed E-state index contributed by atoms with van der Waals surface area (Å²) in [5.41, 5.74) is 0. The number of phosphoric acid groups is 1. The van der Waals surface area contributed by atoms with E-state index >= 15 is 0 Å². The Morgan fingerprint density at radius 1 is 0.392 bits per heavy atom. The van der Waals surface area contributed by atoms with E-state index in [-0.39, 0.29) is 25.9 Å². The van der Waals surface area contributed by atoms with E-state index in [4.69, 9.17) is 23.3 Å². The van der Waals surface area contributed by atoms with E-state index in [1.54, 1.807) is 0 Å². The molecule has 0 rings (SSSR count). The lowest BCUT2D eigenvalue weighted by Gasteiger charge is -2.21. The normalized spacial score (nSPS) is 13.7. The Morgan fingerprint density at radius 2 is 0.703 bits per heavy atom. The van der Waals surface area contributed by atoms with Crippen molar-refractivity contribution in [2.75, 3.05) is 26.4 Å². The van der Waals surface area contributed by atoms with Gasteiger partial charge in [0.25, 0.3) is 0 Å². The third-order valence-electron chi connectivity index (χ3n) is 12.9. The van der Waals surface area contributed by atoms with Gasteiger partial charge in [-0.2, -0.15) is 0 Å². The first-order chi connectivity index (χ1) is 36.2. The summed E-state index contributed by atoms with van der Waals surface area (Å²) in [5, 5.41) is 9.82. The van der Waals surface area contributed by atoms with Gasteiger partial charge in [0.05, 0.1) is 19.8 Å². The summed E-state index contributed by atoms with van der Waals surface area (Å²) in [6.45, 7) is 4.51. The third kappa shape index (κ3) is 54.0. The minimum absolute atomic E-state index is 0.158. The second-order valence-electron chi connectivity index (χ2n) is 20.1. The van der Waals surface area contributed by atoms with Crippen molar-refractivity contribution in [3.63, 3.8) is 0 Å². The molecule has 0 aromatic carbocycles. The summed E-state index contributed by atoms with van der Waals surface area (Å²) in [6, 6.07) is 0. The molecule has 0 saturated carbocycles. The lowest BCUT2D eigenvalue weighted by Crippen LogP contribution is -2.30. The molecule has 0 spiro atoms. The number of ether oxygens (including phenoxy) is 3. The van der Waals surface area contributed by atoms with E-state index in [0.717, 1.165) is 96.3 Å². The zero-order valence-electron chi connectivity index (χ0n) is 47.6. The molecule has 0 radical (unpaired) electrons. The number of aliphatic hydroxyl groups excluding tert-OH is 1. The van der Waals surface area contributed by atoms with E-state index in [1.165, 1.54) is 122 Å². The summed E-state index contributed by atoms with van der Waals surface area (Å²) < 4.78 is 39.5. The molecule has 74 heavy (non-hydrogen) atoms. The lowest BCUT2D eigenvalue weighted by molar-refractivity contribution is -0.161. The van der Waals surface area contributed by atoms with Crippen molar-refractivity contribution in [2.45, 2.75) is 290 Å². The molecule has 2 N–H and O–H groups in total. The van der Waals surface area contributed by atoms with Gasteiger partial charge in [0.1, 0.15) is 12.7 Å². The van der Waals surface area contributed by atoms with Gasteiger partial charge in [-0.05, 0) is 103 Å². The number of carbonyl (C=O) groups is 3. The molecule has 0 saturated heterocycles. The predicted octanol–water partition coefficient (Wildman–Crippen LogP) is 17.9. The van der Waals surface area contributed by atoms with E-state index in [9.17, 15) is 28.9 Å². The van der Waals surface area contributed by atoms with Gasteiger partial charge in [0.15, 0.2) is 6.10 Å². The summed E-state index contributed by atoms with van der Waals surface area (Å²) in [4.78, 5) is 48.6. The minimum atomic E-state index is -4.76. The Kier molecular flexibility index (Phi) is 54.2. The van der Waals surface area contributed by atoms with Crippen molar-refractivity contribution >= 4 is 25.7 Å². The molecule has 0 aromatic rings. The highest BCUT2D eigenvalue weighted by Crippen LogP contribution is 2.43. The number of esters is 3. The van der Waals surface area contributed by atoms with Crippen molar-refractivity contribution in [3.8, 4) is 0 Å². The second-order valence-corrected chi connectivity index (χ2v) is 21.6. The zero-order chi connectivity index (χ0) is 54.1. The first kappa shape index (κ1) is 71.2. The maximum absolute atomic E-state index is 12.9. The van der Waals surface area contributed by atoms with Crippen molar-refractivity contribution < 1.29 is 52.2 Å². The Hall–Kier alpha value is -2.82. The van der Waals surface area contributed by atoms with Gasteiger partial charge in [-0.15, -0.1) is 0 Å². The van der Waals surface area contributed by atoms with Crippen LogP contribution in [-0.2, 0) is 42.2 Å². The van der Waals surface area contributed by atoms with Gasteiger partial charge in [-0.3, -0.25) is 23.4 Å². The summed E-state index contributed by atoms with van der Waals surface area (Å²) in [7, 11) is -4.76. The maximum Gasteiger partial charge on any atom is 0.472 e. The van der Waals surface area contributed by atoms with Crippen LogP contribution in [-0.4, -0.2) is 66.5 Å². The highest BCUT2D eigenvalue weighted by molar-refractivity contribution is 7.47. The molecule has 12 heteroatoms. The van der Waals surface area contributed by atoms with Crippen LogP contribution < -0.4 is 0 Å². The minimum Gasteiger partial charge on any atom is -0.462 e. The van der Waals surface area contributed by atoms with Crippen LogP contribution in [0.25, 0.3) is 0 Å². The van der Waals surface area contributed by atoms with Crippen LogP contribution in [0.2, 0.25) is 0 Å². The zero-order valence-corrected chi connectivity index (χ0v) is 48.5. The highest BCUT2D eigenvalue weighted by atomic mass is 31.2. The number of carbonyl (C=O) groups excluding carboxylic acids is 3. The number of unbranched alkanes of at least 4 members (excludes halogenated alkanes) is 29. The van der Waals surface area contributed by atoms with E-state index in [2.05, 4.69) is 81.5 Å². The molecule has 430 valence electrons. The maximum atomic E-state index is 12.9. The number of allylic oxidation sites excluding steroid dienone is 10. The summed E-state index contributed by atoms with van der Waals surface area (Å²) >= 11 is 0. The Morgan fingerprint density at radius 3 is 1.11 bits per heavy atom. The average molecular weight is 1060 g/mol. The number of hydrogen-bond donors (Lipinski definition) is 2. The van der Waals surface area contributed by atoms with Crippen molar-refractivity contribution in [2.24, 2.45) is 0 Å². The molecular weight excluding hydrogens is 952 g/mol. The SMILES string of the molecule is CC/C=C\C/C=C\C/C=C\CCCCCC(=O)OCC(COP(=O)(O)OCC(CO)OC(=O)CCCCCCC/C=C\CCCCCCCC)OC(=O)CCCCCCCCCCC/C=C\CCCCCCCC. The van der Waals surface area contributed by atoms with Gasteiger partial charge in [-0.1, -0.05) is 216 Å². The van der Waals surface area contributed by atoms with Crippen LogP contribution in [0.15, 0.2) is 60.8 Å². The van der Waals surface area contributed by atoms with Crippen molar-refractivity contribution in [1.82, 2.24) is 0 Å². The summed E-state index contributed by atoms with van der Waals surface area (Å²) in [6.07, 6.45) is 61.8. The molecule has 11 nitrogen and oxygen atoms in total. The molecule has 0 amide bonds. The topological polar surface area (TPSA) is 155 Å². The molecule has 3 unspecified atom stereocenters. The van der Waals surface area contributed by atoms with Crippen LogP contribution >= 0.6 is 7.82 Å². The van der Waals surface area contributed by atoms with Gasteiger partial charge >= 0.3 is 25.7 Å². The van der Waals surface area contributed by atoms with Gasteiger partial charge in [0.2, 0.25) is 0 Å². The Balaban J connectivity index is 4.71. The first-order valence-electron chi connectivity index (χ1n) is 30.2. The van der Waals surface area contributed by atoms with Gasteiger partial charge < -0.3 is 24.2 Å². The smallest absolute Gasteiger partial charge is 0.462 e. The van der Waals surface area contributed by atoms with Crippen LogP contribution in [0.4, 0.5) is 0 Å². The first-order valence-corrected chi connectivity index (χ1v) is 31.7. The number of phosphoric ester groups is 1. The van der Waals surface area contributed by atoms with Crippen molar-refractivity contribution in [1.29, 1.82) is 0 Å². The molecule has 3 atom stereocenters. The molecule has 0 aromatic heterocycles. The fraction of sp³-hybridized carbons (Fsp3) is 0.790. The van der Waals surface area contributed by atoms with E-state index in [0.29, 0.717) is 19.3 Å². The lowest BCUT2D eigenvalue weighted by atomic mass is 10.1. The van der Waals surface area contributed by atoms with Crippen LogP contribution in [0, 0.1) is 0 Å². The fourth-order valence-corrected chi connectivity index (χ4v) is 9.09.